The zero-order valence-corrected chi connectivity index (χ0v) is 15.5. The Hall–Kier alpha value is -3.13. The SMILES string of the molecule is CCOc1cc(Cl)c(/C=N/NC(=O)Cc2ccccc2[N+](=O)[O-])cc1OC. The zero-order valence-electron chi connectivity index (χ0n) is 14.8. The number of benzene rings is 2. The Morgan fingerprint density at radius 2 is 2.07 bits per heavy atom. The minimum Gasteiger partial charge on any atom is -0.493 e. The average molecular weight is 392 g/mol. The normalized spacial score (nSPS) is 10.6. The van der Waals surface area contributed by atoms with Crippen LogP contribution in [0.1, 0.15) is 18.1 Å². The van der Waals surface area contributed by atoms with Crippen molar-refractivity contribution in [2.24, 2.45) is 5.10 Å². The molecule has 0 saturated heterocycles. The molecule has 142 valence electrons. The van der Waals surface area contributed by atoms with Crippen molar-refractivity contribution in [1.82, 2.24) is 5.43 Å². The number of halogens is 1. The highest BCUT2D eigenvalue weighted by atomic mass is 35.5. The molecule has 1 amide bonds. The third-order valence-electron chi connectivity index (χ3n) is 3.51. The van der Waals surface area contributed by atoms with Crippen LogP contribution in [0.25, 0.3) is 0 Å². The van der Waals surface area contributed by atoms with Crippen molar-refractivity contribution in [3.8, 4) is 11.5 Å². The average Bonchev–Trinajstić information content (AvgIpc) is 2.64. The molecule has 0 heterocycles. The summed E-state index contributed by atoms with van der Waals surface area (Å²) in [5, 5.41) is 15.2. The number of amides is 1. The van der Waals surface area contributed by atoms with Crippen LogP contribution >= 0.6 is 11.6 Å². The fourth-order valence-corrected chi connectivity index (χ4v) is 2.50. The number of hydrogen-bond acceptors (Lipinski definition) is 6. The molecule has 2 aromatic rings. The number of hydrazone groups is 1. The van der Waals surface area contributed by atoms with E-state index in [2.05, 4.69) is 10.5 Å². The fourth-order valence-electron chi connectivity index (χ4n) is 2.30. The van der Waals surface area contributed by atoms with E-state index in [4.69, 9.17) is 21.1 Å². The molecule has 27 heavy (non-hydrogen) atoms. The van der Waals surface area contributed by atoms with Crippen LogP contribution in [0, 0.1) is 10.1 Å². The summed E-state index contributed by atoms with van der Waals surface area (Å²) in [6.45, 7) is 2.30. The van der Waals surface area contributed by atoms with E-state index in [0.29, 0.717) is 34.3 Å². The van der Waals surface area contributed by atoms with E-state index in [0.717, 1.165) is 0 Å². The van der Waals surface area contributed by atoms with Crippen molar-refractivity contribution < 1.29 is 19.2 Å². The minimum atomic E-state index is -0.530. The Morgan fingerprint density at radius 1 is 1.33 bits per heavy atom. The summed E-state index contributed by atoms with van der Waals surface area (Å²) in [7, 11) is 1.50. The molecule has 0 aromatic heterocycles. The van der Waals surface area contributed by atoms with Crippen LogP contribution < -0.4 is 14.9 Å². The highest BCUT2D eigenvalue weighted by Gasteiger charge is 2.15. The summed E-state index contributed by atoms with van der Waals surface area (Å²) in [5.74, 6) is 0.492. The molecule has 9 heteroatoms. The molecule has 2 rings (SSSR count). The molecule has 0 bridgehead atoms. The second-order valence-corrected chi connectivity index (χ2v) is 5.72. The predicted molar refractivity (Wildman–Crippen MR) is 102 cm³/mol. The van der Waals surface area contributed by atoms with Gasteiger partial charge in [-0.25, -0.2) is 5.43 Å². The van der Waals surface area contributed by atoms with Gasteiger partial charge in [0.05, 0.1) is 36.3 Å². The number of nitro benzene ring substituents is 1. The first-order valence-corrected chi connectivity index (χ1v) is 8.38. The summed E-state index contributed by atoms with van der Waals surface area (Å²) in [5.41, 5.74) is 3.03. The molecule has 0 aliphatic heterocycles. The van der Waals surface area contributed by atoms with Crippen LogP contribution in [-0.4, -0.2) is 30.8 Å². The molecule has 0 atom stereocenters. The van der Waals surface area contributed by atoms with E-state index in [1.807, 2.05) is 6.92 Å². The maximum atomic E-state index is 12.0. The van der Waals surface area contributed by atoms with Crippen molar-refractivity contribution in [3.05, 3.63) is 62.7 Å². The molecule has 0 aliphatic carbocycles. The van der Waals surface area contributed by atoms with Crippen LogP contribution in [0.3, 0.4) is 0 Å². The molecular formula is C18H18ClN3O5. The first-order valence-electron chi connectivity index (χ1n) is 8.00. The third kappa shape index (κ3) is 5.42. The number of para-hydroxylation sites is 1. The Kier molecular flexibility index (Phi) is 7.13. The molecule has 1 N–H and O–H groups in total. The summed E-state index contributed by atoms with van der Waals surface area (Å²) < 4.78 is 10.7. The second kappa shape index (κ2) is 9.54. The van der Waals surface area contributed by atoms with Gasteiger partial charge in [-0.1, -0.05) is 29.8 Å². The van der Waals surface area contributed by atoms with Gasteiger partial charge in [-0.15, -0.1) is 0 Å². The highest BCUT2D eigenvalue weighted by Crippen LogP contribution is 2.32. The number of ether oxygens (including phenoxy) is 2. The third-order valence-corrected chi connectivity index (χ3v) is 3.84. The van der Waals surface area contributed by atoms with Gasteiger partial charge in [0.1, 0.15) is 0 Å². The Labute approximate surface area is 160 Å². The molecule has 0 unspecified atom stereocenters. The molecule has 0 saturated carbocycles. The van der Waals surface area contributed by atoms with Gasteiger partial charge < -0.3 is 9.47 Å². The Balaban J connectivity index is 2.07. The largest absolute Gasteiger partial charge is 0.493 e. The molecule has 0 radical (unpaired) electrons. The summed E-state index contributed by atoms with van der Waals surface area (Å²) in [4.78, 5) is 22.5. The molecule has 0 aliphatic rings. The number of carbonyl (C=O) groups is 1. The molecule has 0 spiro atoms. The van der Waals surface area contributed by atoms with Crippen molar-refractivity contribution in [2.75, 3.05) is 13.7 Å². The van der Waals surface area contributed by atoms with Crippen LogP contribution in [-0.2, 0) is 11.2 Å². The van der Waals surface area contributed by atoms with E-state index in [9.17, 15) is 14.9 Å². The van der Waals surface area contributed by atoms with Gasteiger partial charge in [-0.2, -0.15) is 5.10 Å². The predicted octanol–water partition coefficient (Wildman–Crippen LogP) is 3.35. The van der Waals surface area contributed by atoms with Crippen molar-refractivity contribution in [2.45, 2.75) is 13.3 Å². The number of carbonyl (C=O) groups excluding carboxylic acids is 1. The monoisotopic (exact) mass is 391 g/mol. The van der Waals surface area contributed by atoms with Gasteiger partial charge in [0, 0.05) is 23.3 Å². The maximum Gasteiger partial charge on any atom is 0.273 e. The van der Waals surface area contributed by atoms with Gasteiger partial charge in [-0.3, -0.25) is 14.9 Å². The lowest BCUT2D eigenvalue weighted by Crippen LogP contribution is -2.20. The maximum absolute atomic E-state index is 12.0. The molecule has 0 fully saturated rings. The molecule has 2 aromatic carbocycles. The summed E-state index contributed by atoms with van der Waals surface area (Å²) in [6.07, 6.45) is 1.19. The number of nitrogens with zero attached hydrogens (tertiary/aromatic N) is 2. The lowest BCUT2D eigenvalue weighted by molar-refractivity contribution is -0.385. The van der Waals surface area contributed by atoms with E-state index in [-0.39, 0.29) is 12.1 Å². The second-order valence-electron chi connectivity index (χ2n) is 5.31. The van der Waals surface area contributed by atoms with Crippen LogP contribution in [0.15, 0.2) is 41.5 Å². The first-order chi connectivity index (χ1) is 13.0. The smallest absolute Gasteiger partial charge is 0.273 e. The van der Waals surface area contributed by atoms with E-state index in [1.165, 1.54) is 25.5 Å². The highest BCUT2D eigenvalue weighted by molar-refractivity contribution is 6.33. The van der Waals surface area contributed by atoms with Crippen LogP contribution in [0.5, 0.6) is 11.5 Å². The molecular weight excluding hydrogens is 374 g/mol. The Morgan fingerprint density at radius 3 is 2.74 bits per heavy atom. The van der Waals surface area contributed by atoms with E-state index >= 15 is 0 Å². The standard InChI is InChI=1S/C18H18ClN3O5/c1-3-27-17-10-14(19)13(8-16(17)26-2)11-20-21-18(23)9-12-6-4-5-7-15(12)22(24)25/h4-8,10-11H,3,9H2,1-2H3,(H,21,23)/b20-11+. The van der Waals surface area contributed by atoms with Crippen molar-refractivity contribution in [1.29, 1.82) is 0 Å². The zero-order chi connectivity index (χ0) is 19.8. The lowest BCUT2D eigenvalue weighted by Gasteiger charge is -2.11. The number of methoxy groups -OCH3 is 1. The number of hydrogen-bond donors (Lipinski definition) is 1. The number of nitro groups is 1. The number of rotatable bonds is 8. The van der Waals surface area contributed by atoms with Gasteiger partial charge >= 0.3 is 0 Å². The van der Waals surface area contributed by atoms with Gasteiger partial charge in [0.25, 0.3) is 5.69 Å². The van der Waals surface area contributed by atoms with Gasteiger partial charge in [-0.05, 0) is 13.0 Å². The lowest BCUT2D eigenvalue weighted by atomic mass is 10.1. The minimum absolute atomic E-state index is 0.115. The fraction of sp³-hybridized carbons (Fsp3) is 0.222. The Bertz CT molecular complexity index is 870. The van der Waals surface area contributed by atoms with Crippen LogP contribution in [0.4, 0.5) is 5.69 Å². The molecule has 8 nitrogen and oxygen atoms in total. The van der Waals surface area contributed by atoms with E-state index in [1.54, 1.807) is 24.3 Å². The first kappa shape index (κ1) is 20.2. The quantitative estimate of drug-likeness (QED) is 0.422. The van der Waals surface area contributed by atoms with Crippen molar-refractivity contribution >= 4 is 29.4 Å². The number of nitrogens with one attached hydrogen (secondary N) is 1. The van der Waals surface area contributed by atoms with Gasteiger partial charge in [0.15, 0.2) is 11.5 Å². The topological polar surface area (TPSA) is 103 Å². The van der Waals surface area contributed by atoms with Crippen LogP contribution in [0.2, 0.25) is 5.02 Å². The van der Waals surface area contributed by atoms with Crippen molar-refractivity contribution in [3.63, 3.8) is 0 Å². The summed E-state index contributed by atoms with van der Waals surface area (Å²) >= 11 is 6.18. The van der Waals surface area contributed by atoms with E-state index < -0.39 is 10.8 Å². The summed E-state index contributed by atoms with van der Waals surface area (Å²) in [6, 6.07) is 9.27. The van der Waals surface area contributed by atoms with Gasteiger partial charge in [0.2, 0.25) is 5.91 Å².